The SMILES string of the molecule is Nc1cc(C(F)(F)F)ccc1Oc1ccc(Cl)c(Cl)c1. The Morgan fingerprint density at radius 3 is 2.20 bits per heavy atom. The molecule has 0 aliphatic carbocycles. The minimum absolute atomic E-state index is 0.108. The van der Waals surface area contributed by atoms with Gasteiger partial charge in [-0.05, 0) is 30.3 Å². The molecule has 0 aromatic heterocycles. The molecule has 2 nitrogen and oxygen atoms in total. The number of benzene rings is 2. The number of hydrogen-bond donors (Lipinski definition) is 1. The summed E-state index contributed by atoms with van der Waals surface area (Å²) in [4.78, 5) is 0. The molecule has 0 unspecified atom stereocenters. The minimum Gasteiger partial charge on any atom is -0.455 e. The smallest absolute Gasteiger partial charge is 0.416 e. The van der Waals surface area contributed by atoms with Gasteiger partial charge in [0.2, 0.25) is 0 Å². The summed E-state index contributed by atoms with van der Waals surface area (Å²) in [7, 11) is 0. The molecule has 0 aliphatic heterocycles. The van der Waals surface area contributed by atoms with Crippen molar-refractivity contribution in [1.29, 1.82) is 0 Å². The van der Waals surface area contributed by atoms with E-state index >= 15 is 0 Å². The summed E-state index contributed by atoms with van der Waals surface area (Å²) in [6.45, 7) is 0. The molecule has 0 radical (unpaired) electrons. The normalized spacial score (nSPS) is 11.4. The highest BCUT2D eigenvalue weighted by Gasteiger charge is 2.30. The molecule has 0 saturated heterocycles. The summed E-state index contributed by atoms with van der Waals surface area (Å²) in [5, 5.41) is 0.619. The van der Waals surface area contributed by atoms with E-state index < -0.39 is 11.7 Å². The Bertz CT molecular complexity index is 644. The van der Waals surface area contributed by atoms with Gasteiger partial charge in [-0.25, -0.2) is 0 Å². The molecule has 0 bridgehead atoms. The van der Waals surface area contributed by atoms with Gasteiger partial charge >= 0.3 is 6.18 Å². The van der Waals surface area contributed by atoms with Gasteiger partial charge in [-0.15, -0.1) is 0 Å². The van der Waals surface area contributed by atoms with Gasteiger partial charge in [0.05, 0.1) is 21.3 Å². The van der Waals surface area contributed by atoms with Gasteiger partial charge in [0, 0.05) is 6.07 Å². The van der Waals surface area contributed by atoms with E-state index in [9.17, 15) is 13.2 Å². The Hall–Kier alpha value is -1.59. The Balaban J connectivity index is 2.28. The number of nitrogen functional groups attached to an aromatic ring is 1. The lowest BCUT2D eigenvalue weighted by atomic mass is 10.2. The molecule has 0 spiro atoms. The standard InChI is InChI=1S/C13H8Cl2F3NO/c14-9-3-2-8(6-10(9)15)20-12-4-1-7(5-11(12)19)13(16,17)18/h1-6H,19H2. The summed E-state index contributed by atoms with van der Waals surface area (Å²) >= 11 is 11.6. The zero-order valence-electron chi connectivity index (χ0n) is 9.84. The molecule has 7 heteroatoms. The predicted octanol–water partition coefficient (Wildman–Crippen LogP) is 5.39. The molecule has 106 valence electrons. The number of halogens is 5. The van der Waals surface area contributed by atoms with E-state index in [4.69, 9.17) is 33.7 Å². The van der Waals surface area contributed by atoms with Crippen molar-refractivity contribution in [2.75, 3.05) is 5.73 Å². The maximum Gasteiger partial charge on any atom is 0.416 e. The summed E-state index contributed by atoms with van der Waals surface area (Å²) in [6, 6.07) is 7.35. The molecule has 0 fully saturated rings. The third kappa shape index (κ3) is 3.29. The molecule has 2 aromatic carbocycles. The molecule has 0 amide bonds. The highest BCUT2D eigenvalue weighted by molar-refractivity contribution is 6.42. The number of anilines is 1. The van der Waals surface area contributed by atoms with Crippen LogP contribution in [0, 0.1) is 0 Å². The monoisotopic (exact) mass is 321 g/mol. The van der Waals surface area contributed by atoms with Crippen LogP contribution in [-0.4, -0.2) is 0 Å². The maximum atomic E-state index is 12.5. The lowest BCUT2D eigenvalue weighted by Crippen LogP contribution is -2.05. The van der Waals surface area contributed by atoms with Gasteiger partial charge in [-0.1, -0.05) is 23.2 Å². The average molecular weight is 322 g/mol. The summed E-state index contributed by atoms with van der Waals surface area (Å²) < 4.78 is 42.9. The molecule has 0 saturated carbocycles. The van der Waals surface area contributed by atoms with E-state index in [-0.39, 0.29) is 16.5 Å². The van der Waals surface area contributed by atoms with Crippen LogP contribution in [0.3, 0.4) is 0 Å². The van der Waals surface area contributed by atoms with Crippen LogP contribution < -0.4 is 10.5 Å². The second kappa shape index (κ2) is 5.42. The van der Waals surface area contributed by atoms with Crippen LogP contribution in [0.15, 0.2) is 36.4 Å². The van der Waals surface area contributed by atoms with E-state index in [1.165, 1.54) is 18.2 Å². The largest absolute Gasteiger partial charge is 0.455 e. The second-order valence-corrected chi connectivity index (χ2v) is 4.74. The van der Waals surface area contributed by atoms with E-state index in [0.717, 1.165) is 18.2 Å². The molecule has 2 aromatic rings. The average Bonchev–Trinajstić information content (AvgIpc) is 2.35. The van der Waals surface area contributed by atoms with Gasteiger partial charge in [-0.3, -0.25) is 0 Å². The maximum absolute atomic E-state index is 12.5. The lowest BCUT2D eigenvalue weighted by Gasteiger charge is -2.12. The number of alkyl halides is 3. The van der Waals surface area contributed by atoms with Crippen LogP contribution in [-0.2, 0) is 6.18 Å². The number of nitrogens with two attached hydrogens (primary N) is 1. The quantitative estimate of drug-likeness (QED) is 0.753. The van der Waals surface area contributed by atoms with Gasteiger partial charge < -0.3 is 10.5 Å². The van der Waals surface area contributed by atoms with Gasteiger partial charge in [0.25, 0.3) is 0 Å². The Kier molecular flexibility index (Phi) is 4.01. The molecule has 20 heavy (non-hydrogen) atoms. The first-order chi connectivity index (χ1) is 9.27. The molecular formula is C13H8Cl2F3NO. The predicted molar refractivity (Wildman–Crippen MR) is 72.4 cm³/mol. The van der Waals surface area contributed by atoms with E-state index in [0.29, 0.717) is 10.8 Å². The topological polar surface area (TPSA) is 35.2 Å². The molecule has 0 heterocycles. The fourth-order valence-electron chi connectivity index (χ4n) is 1.49. The lowest BCUT2D eigenvalue weighted by molar-refractivity contribution is -0.137. The van der Waals surface area contributed by atoms with E-state index in [2.05, 4.69) is 0 Å². The van der Waals surface area contributed by atoms with Crippen LogP contribution in [0.1, 0.15) is 5.56 Å². The van der Waals surface area contributed by atoms with Crippen LogP contribution >= 0.6 is 23.2 Å². The number of rotatable bonds is 2. The van der Waals surface area contributed by atoms with E-state index in [1.807, 2.05) is 0 Å². The third-order valence-corrected chi connectivity index (χ3v) is 3.20. The zero-order chi connectivity index (χ0) is 14.9. The number of hydrogen-bond acceptors (Lipinski definition) is 2. The number of ether oxygens (including phenoxy) is 1. The molecule has 0 aliphatic rings. The summed E-state index contributed by atoms with van der Waals surface area (Å²) in [5.41, 5.74) is 4.59. The van der Waals surface area contributed by atoms with Crippen LogP contribution in [0.2, 0.25) is 10.0 Å². The Morgan fingerprint density at radius 1 is 0.950 bits per heavy atom. The van der Waals surface area contributed by atoms with Crippen LogP contribution in [0.25, 0.3) is 0 Å². The summed E-state index contributed by atoms with van der Waals surface area (Å²) in [6.07, 6.45) is -4.45. The highest BCUT2D eigenvalue weighted by atomic mass is 35.5. The molecular weight excluding hydrogens is 314 g/mol. The highest BCUT2D eigenvalue weighted by Crippen LogP contribution is 2.36. The van der Waals surface area contributed by atoms with Gasteiger partial charge in [0.15, 0.2) is 0 Å². The minimum atomic E-state index is -4.45. The zero-order valence-corrected chi connectivity index (χ0v) is 11.4. The first-order valence-corrected chi connectivity index (χ1v) is 6.12. The van der Waals surface area contributed by atoms with Crippen molar-refractivity contribution in [3.8, 4) is 11.5 Å². The van der Waals surface area contributed by atoms with Crippen molar-refractivity contribution in [2.45, 2.75) is 6.18 Å². The fourth-order valence-corrected chi connectivity index (χ4v) is 1.77. The first kappa shape index (κ1) is 14.8. The van der Waals surface area contributed by atoms with Crippen molar-refractivity contribution in [3.05, 3.63) is 52.0 Å². The van der Waals surface area contributed by atoms with Crippen LogP contribution in [0.5, 0.6) is 11.5 Å². The molecule has 0 atom stereocenters. The Labute approximate surface area is 122 Å². The van der Waals surface area contributed by atoms with Crippen molar-refractivity contribution in [3.63, 3.8) is 0 Å². The summed E-state index contributed by atoms with van der Waals surface area (Å²) in [5.74, 6) is 0.433. The third-order valence-electron chi connectivity index (χ3n) is 2.46. The van der Waals surface area contributed by atoms with Crippen molar-refractivity contribution in [2.24, 2.45) is 0 Å². The van der Waals surface area contributed by atoms with Gasteiger partial charge in [0.1, 0.15) is 11.5 Å². The molecule has 2 rings (SSSR count). The van der Waals surface area contributed by atoms with Gasteiger partial charge in [-0.2, -0.15) is 13.2 Å². The van der Waals surface area contributed by atoms with Crippen LogP contribution in [0.4, 0.5) is 18.9 Å². The van der Waals surface area contributed by atoms with Crippen molar-refractivity contribution in [1.82, 2.24) is 0 Å². The first-order valence-electron chi connectivity index (χ1n) is 5.37. The molecule has 2 N–H and O–H groups in total. The Morgan fingerprint density at radius 2 is 1.65 bits per heavy atom. The fraction of sp³-hybridized carbons (Fsp3) is 0.0769. The van der Waals surface area contributed by atoms with Crippen molar-refractivity contribution < 1.29 is 17.9 Å². The van der Waals surface area contributed by atoms with Crippen molar-refractivity contribution >= 4 is 28.9 Å². The second-order valence-electron chi connectivity index (χ2n) is 3.93. The van der Waals surface area contributed by atoms with E-state index in [1.54, 1.807) is 0 Å².